The molecule has 1 aromatic heterocycles. The number of nitrogens with zero attached hydrogens (tertiary/aromatic N) is 3. The van der Waals surface area contributed by atoms with Gasteiger partial charge in [-0.3, -0.25) is 9.59 Å². The molecule has 8 nitrogen and oxygen atoms in total. The second-order valence-corrected chi connectivity index (χ2v) is 10.2. The lowest BCUT2D eigenvalue weighted by atomic mass is 9.98. The van der Waals surface area contributed by atoms with Crippen molar-refractivity contribution in [1.82, 2.24) is 14.8 Å². The Balaban J connectivity index is 1.75. The van der Waals surface area contributed by atoms with Crippen LogP contribution in [0.4, 0.5) is 5.69 Å². The minimum Gasteiger partial charge on any atom is -0.454 e. The summed E-state index contributed by atoms with van der Waals surface area (Å²) in [5, 5.41) is 4.30. The van der Waals surface area contributed by atoms with Crippen molar-refractivity contribution in [2.45, 2.75) is 25.4 Å². The van der Waals surface area contributed by atoms with Gasteiger partial charge in [0.15, 0.2) is 11.5 Å². The zero-order chi connectivity index (χ0) is 24.7. The third kappa shape index (κ3) is 4.38. The Morgan fingerprint density at radius 3 is 2.60 bits per heavy atom. The number of hydrogen-bond donors (Lipinski definition) is 1. The van der Waals surface area contributed by atoms with Crippen molar-refractivity contribution in [3.8, 4) is 11.5 Å². The van der Waals surface area contributed by atoms with Crippen LogP contribution in [0.5, 0.6) is 11.5 Å². The molecule has 1 fully saturated rings. The largest absolute Gasteiger partial charge is 0.454 e. The van der Waals surface area contributed by atoms with Crippen molar-refractivity contribution in [3.05, 3.63) is 62.4 Å². The average molecular weight is 541 g/mol. The van der Waals surface area contributed by atoms with E-state index in [1.165, 1.54) is 4.90 Å². The molecular weight excluding hydrogens is 512 g/mol. The predicted molar refractivity (Wildman–Crippen MR) is 140 cm³/mol. The fraction of sp³-hybridized carbons (Fsp3) is 0.385. The van der Waals surface area contributed by atoms with Crippen LogP contribution in [-0.2, 0) is 13.6 Å². The van der Waals surface area contributed by atoms with E-state index in [9.17, 15) is 9.59 Å². The highest BCUT2D eigenvalue weighted by molar-refractivity contribution is 9.10. The van der Waals surface area contributed by atoms with Gasteiger partial charge in [0.05, 0.1) is 11.2 Å². The van der Waals surface area contributed by atoms with E-state index in [0.29, 0.717) is 18.0 Å². The normalized spacial score (nSPS) is 15.4. The quantitative estimate of drug-likeness (QED) is 0.533. The van der Waals surface area contributed by atoms with Crippen LogP contribution in [0.25, 0.3) is 10.9 Å². The lowest BCUT2D eigenvalue weighted by molar-refractivity contribution is 0.0826. The number of carbonyl (C=O) groups is 1. The van der Waals surface area contributed by atoms with Gasteiger partial charge in [0.1, 0.15) is 5.56 Å². The van der Waals surface area contributed by atoms with Crippen LogP contribution in [0.15, 0.2) is 45.7 Å². The summed E-state index contributed by atoms with van der Waals surface area (Å²) in [6.07, 6.45) is 1.82. The molecule has 0 unspecified atom stereocenters. The average Bonchev–Trinajstić information content (AvgIpc) is 3.33. The molecule has 5 rings (SSSR count). The molecule has 0 saturated carbocycles. The van der Waals surface area contributed by atoms with Crippen molar-refractivity contribution in [2.75, 3.05) is 38.9 Å². The molecule has 0 radical (unpaired) electrons. The molecule has 0 aliphatic carbocycles. The minimum atomic E-state index is -0.299. The Bertz CT molecular complexity index is 1350. The molecule has 0 atom stereocenters. The van der Waals surface area contributed by atoms with Crippen molar-refractivity contribution in [2.24, 2.45) is 7.05 Å². The zero-order valence-electron chi connectivity index (χ0n) is 20.1. The van der Waals surface area contributed by atoms with Crippen LogP contribution in [0, 0.1) is 0 Å². The monoisotopic (exact) mass is 540 g/mol. The van der Waals surface area contributed by atoms with Gasteiger partial charge in [-0.1, -0.05) is 22.0 Å². The highest BCUT2D eigenvalue weighted by atomic mass is 79.9. The van der Waals surface area contributed by atoms with Gasteiger partial charge in [-0.05, 0) is 61.8 Å². The van der Waals surface area contributed by atoms with E-state index in [4.69, 9.17) is 9.47 Å². The number of amides is 1. The van der Waals surface area contributed by atoms with Crippen molar-refractivity contribution < 1.29 is 14.3 Å². The highest BCUT2D eigenvalue weighted by Crippen LogP contribution is 2.37. The molecule has 9 heteroatoms. The predicted octanol–water partition coefficient (Wildman–Crippen LogP) is 3.49. The molecule has 2 aromatic carbocycles. The number of hydrogen-bond acceptors (Lipinski definition) is 6. The first-order chi connectivity index (χ1) is 16.8. The summed E-state index contributed by atoms with van der Waals surface area (Å²) >= 11 is 3.60. The smallest absolute Gasteiger partial charge is 0.265 e. The van der Waals surface area contributed by atoms with E-state index in [1.807, 2.05) is 36.4 Å². The summed E-state index contributed by atoms with van der Waals surface area (Å²) in [7, 11) is 5.09. The number of benzene rings is 2. The Kier molecular flexibility index (Phi) is 6.46. The van der Waals surface area contributed by atoms with E-state index in [-0.39, 0.29) is 29.9 Å². The number of nitrogens with one attached hydrogen (secondary N) is 1. The van der Waals surface area contributed by atoms with E-state index < -0.39 is 0 Å². The van der Waals surface area contributed by atoms with Crippen LogP contribution in [0.3, 0.4) is 0 Å². The molecule has 1 amide bonds. The van der Waals surface area contributed by atoms with Gasteiger partial charge in [-0.15, -0.1) is 0 Å². The molecule has 35 heavy (non-hydrogen) atoms. The van der Waals surface area contributed by atoms with E-state index >= 15 is 0 Å². The Morgan fingerprint density at radius 2 is 1.86 bits per heavy atom. The summed E-state index contributed by atoms with van der Waals surface area (Å²) in [6, 6.07) is 11.9. The van der Waals surface area contributed by atoms with E-state index in [1.54, 1.807) is 25.7 Å². The van der Waals surface area contributed by atoms with Gasteiger partial charge in [0, 0.05) is 43.6 Å². The van der Waals surface area contributed by atoms with E-state index in [2.05, 4.69) is 26.1 Å². The first-order valence-electron chi connectivity index (χ1n) is 11.7. The third-order valence-electron chi connectivity index (χ3n) is 6.78. The number of aromatic nitrogens is 1. The molecule has 1 N–H and O–H groups in total. The molecule has 0 spiro atoms. The standard InChI is InChI=1S/C26H29BrN4O4/c1-29(2)25(32)23-24(19-13-17(27)5-6-20(19)30(3)26(23)33)31(18-8-10-28-11-9-18)14-16-4-7-21-22(12-16)35-15-34-21/h4-7,12-13,18,28H,8-11,14-15H2,1-3H3. The van der Waals surface area contributed by atoms with Crippen LogP contribution >= 0.6 is 15.9 Å². The maximum Gasteiger partial charge on any atom is 0.265 e. The fourth-order valence-electron chi connectivity index (χ4n) is 4.96. The van der Waals surface area contributed by atoms with Gasteiger partial charge in [-0.25, -0.2) is 0 Å². The first-order valence-corrected chi connectivity index (χ1v) is 12.5. The maximum atomic E-state index is 13.7. The number of piperidine rings is 1. The fourth-order valence-corrected chi connectivity index (χ4v) is 5.32. The summed E-state index contributed by atoms with van der Waals surface area (Å²) in [6.45, 7) is 2.51. The number of rotatable bonds is 5. The second-order valence-electron chi connectivity index (χ2n) is 9.25. The van der Waals surface area contributed by atoms with Crippen LogP contribution < -0.4 is 25.2 Å². The summed E-state index contributed by atoms with van der Waals surface area (Å²) in [5.74, 6) is 1.15. The van der Waals surface area contributed by atoms with Crippen LogP contribution in [0.2, 0.25) is 0 Å². The van der Waals surface area contributed by atoms with Crippen LogP contribution in [-0.4, -0.2) is 55.4 Å². The van der Waals surface area contributed by atoms with Crippen molar-refractivity contribution in [3.63, 3.8) is 0 Å². The summed E-state index contributed by atoms with van der Waals surface area (Å²) in [4.78, 5) is 30.9. The third-order valence-corrected chi connectivity index (χ3v) is 7.27. The Morgan fingerprint density at radius 1 is 1.11 bits per heavy atom. The number of halogens is 1. The minimum absolute atomic E-state index is 0.157. The lowest BCUT2D eigenvalue weighted by Crippen LogP contribution is -2.45. The first kappa shape index (κ1) is 23.7. The molecule has 184 valence electrons. The van der Waals surface area contributed by atoms with E-state index in [0.717, 1.165) is 52.6 Å². The molecule has 3 heterocycles. The van der Waals surface area contributed by atoms with Gasteiger partial charge in [0.2, 0.25) is 6.79 Å². The van der Waals surface area contributed by atoms with Crippen molar-refractivity contribution >= 4 is 38.4 Å². The number of carbonyl (C=O) groups excluding carboxylic acids is 1. The number of anilines is 1. The highest BCUT2D eigenvalue weighted by Gasteiger charge is 2.31. The summed E-state index contributed by atoms with van der Waals surface area (Å²) < 4.78 is 13.6. The number of pyridine rings is 1. The Hall–Kier alpha value is -3.04. The number of ether oxygens (including phenoxy) is 2. The number of fused-ring (bicyclic) bond motifs is 2. The van der Waals surface area contributed by atoms with Gasteiger partial charge >= 0.3 is 0 Å². The lowest BCUT2D eigenvalue weighted by Gasteiger charge is -2.38. The van der Waals surface area contributed by atoms with Crippen LogP contribution in [0.1, 0.15) is 28.8 Å². The molecule has 3 aromatic rings. The topological polar surface area (TPSA) is 76.0 Å². The summed E-state index contributed by atoms with van der Waals surface area (Å²) in [5.41, 5.74) is 2.40. The molecule has 2 aliphatic heterocycles. The Labute approximate surface area is 212 Å². The maximum absolute atomic E-state index is 13.7. The van der Waals surface area contributed by atoms with Crippen molar-refractivity contribution in [1.29, 1.82) is 0 Å². The van der Waals surface area contributed by atoms with Gasteiger partial charge in [0.25, 0.3) is 11.5 Å². The molecule has 1 saturated heterocycles. The second kappa shape index (κ2) is 9.54. The molecule has 2 aliphatic rings. The van der Waals surface area contributed by atoms with Gasteiger partial charge < -0.3 is 29.2 Å². The zero-order valence-corrected chi connectivity index (χ0v) is 21.7. The van der Waals surface area contributed by atoms with Gasteiger partial charge in [-0.2, -0.15) is 0 Å². The number of aryl methyl sites for hydroxylation is 1. The molecule has 0 bridgehead atoms. The molecular formula is C26H29BrN4O4. The SMILES string of the molecule is CN(C)C(=O)c1c(N(Cc2ccc3c(c2)OCO3)C2CCNCC2)c2cc(Br)ccc2n(C)c1=O.